The Labute approximate surface area is 147 Å². The van der Waals surface area contributed by atoms with Crippen LogP contribution in [0.5, 0.6) is 0 Å². The molecule has 1 saturated heterocycles. The number of hydrogen-bond donors (Lipinski definition) is 2. The first-order chi connectivity index (χ1) is 11.9. The molecule has 1 aliphatic heterocycles. The van der Waals surface area contributed by atoms with E-state index in [9.17, 15) is 10.1 Å². The lowest BCUT2D eigenvalue weighted by molar-refractivity contribution is -0.383. The van der Waals surface area contributed by atoms with E-state index in [4.69, 9.17) is 10.5 Å². The normalized spacial score (nSPS) is 25.0. The first kappa shape index (κ1) is 17.7. The monoisotopic (exact) mass is 350 g/mol. The van der Waals surface area contributed by atoms with Crippen LogP contribution in [-0.2, 0) is 4.74 Å². The predicted molar refractivity (Wildman–Crippen MR) is 95.8 cm³/mol. The van der Waals surface area contributed by atoms with Crippen LogP contribution in [0.15, 0.2) is 0 Å². The summed E-state index contributed by atoms with van der Waals surface area (Å²) in [5.41, 5.74) is 5.68. The molecule has 0 radical (unpaired) electrons. The molecule has 3 rings (SSSR count). The van der Waals surface area contributed by atoms with Crippen LogP contribution in [0, 0.1) is 10.1 Å². The summed E-state index contributed by atoms with van der Waals surface area (Å²) in [4.78, 5) is 21.6. The molecule has 9 heteroatoms. The minimum Gasteiger partial charge on any atom is -0.378 e. The van der Waals surface area contributed by atoms with Crippen LogP contribution < -0.4 is 16.0 Å². The van der Waals surface area contributed by atoms with Gasteiger partial charge in [-0.2, -0.15) is 9.97 Å². The number of nitrogen functional groups attached to an aromatic ring is 1. The molecule has 2 fully saturated rings. The summed E-state index contributed by atoms with van der Waals surface area (Å²) in [6.07, 6.45) is 5.51. The molecule has 2 heterocycles. The summed E-state index contributed by atoms with van der Waals surface area (Å²) in [7, 11) is 0. The molecule has 0 amide bonds. The van der Waals surface area contributed by atoms with Crippen molar-refractivity contribution in [2.24, 2.45) is 0 Å². The van der Waals surface area contributed by atoms with Crippen molar-refractivity contribution in [2.45, 2.75) is 64.2 Å². The Morgan fingerprint density at radius 1 is 1.20 bits per heavy atom. The van der Waals surface area contributed by atoms with Crippen molar-refractivity contribution in [2.75, 3.05) is 29.0 Å². The fourth-order valence-corrected chi connectivity index (χ4v) is 3.66. The molecule has 2 aliphatic rings. The molecule has 1 aromatic rings. The van der Waals surface area contributed by atoms with Crippen LogP contribution in [0.1, 0.15) is 46.0 Å². The molecule has 2 atom stereocenters. The molecule has 1 aliphatic carbocycles. The van der Waals surface area contributed by atoms with E-state index in [1.807, 2.05) is 18.7 Å². The average Bonchev–Trinajstić information content (AvgIpc) is 2.54. The highest BCUT2D eigenvalue weighted by Gasteiger charge is 2.30. The maximum atomic E-state index is 11.4. The van der Waals surface area contributed by atoms with Gasteiger partial charge in [-0.1, -0.05) is 19.3 Å². The summed E-state index contributed by atoms with van der Waals surface area (Å²) in [5, 5.41) is 14.7. The molecule has 0 bridgehead atoms. The summed E-state index contributed by atoms with van der Waals surface area (Å²) in [6.45, 7) is 5.23. The van der Waals surface area contributed by atoms with Gasteiger partial charge >= 0.3 is 5.69 Å². The lowest BCUT2D eigenvalue weighted by Crippen LogP contribution is -2.46. The minimum atomic E-state index is -0.505. The van der Waals surface area contributed by atoms with Crippen LogP contribution in [0.3, 0.4) is 0 Å². The van der Waals surface area contributed by atoms with Crippen molar-refractivity contribution in [3.63, 3.8) is 0 Å². The SMILES string of the molecule is C[C@@H]1CN(c2nc(N)c([N+](=O)[O-])c(NC3CCCCC3)n2)C[C@@H](C)O1. The molecule has 0 aromatic carbocycles. The number of aromatic nitrogens is 2. The Morgan fingerprint density at radius 3 is 2.44 bits per heavy atom. The van der Waals surface area contributed by atoms with Crippen molar-refractivity contribution >= 4 is 23.3 Å². The van der Waals surface area contributed by atoms with Crippen molar-refractivity contribution in [3.8, 4) is 0 Å². The van der Waals surface area contributed by atoms with E-state index < -0.39 is 4.92 Å². The van der Waals surface area contributed by atoms with Gasteiger partial charge in [0.15, 0.2) is 0 Å². The third-order valence-corrected chi connectivity index (χ3v) is 4.73. The Bertz CT molecular complexity index is 625. The van der Waals surface area contributed by atoms with Crippen molar-refractivity contribution in [3.05, 3.63) is 10.1 Å². The number of hydrogen-bond acceptors (Lipinski definition) is 8. The Balaban J connectivity index is 1.90. The third kappa shape index (κ3) is 4.09. The average molecular weight is 350 g/mol. The lowest BCUT2D eigenvalue weighted by atomic mass is 9.95. The summed E-state index contributed by atoms with van der Waals surface area (Å²) < 4.78 is 5.73. The molecule has 25 heavy (non-hydrogen) atoms. The van der Waals surface area contributed by atoms with E-state index >= 15 is 0 Å². The highest BCUT2D eigenvalue weighted by Crippen LogP contribution is 2.33. The minimum absolute atomic E-state index is 0.0403. The molecular formula is C16H26N6O3. The largest absolute Gasteiger partial charge is 0.378 e. The molecular weight excluding hydrogens is 324 g/mol. The van der Waals surface area contributed by atoms with Gasteiger partial charge in [0.1, 0.15) is 0 Å². The number of morpholine rings is 1. The molecule has 3 N–H and O–H groups in total. The van der Waals surface area contributed by atoms with Gasteiger partial charge in [-0.25, -0.2) is 0 Å². The van der Waals surface area contributed by atoms with Crippen molar-refractivity contribution in [1.82, 2.24) is 9.97 Å². The maximum Gasteiger partial charge on any atom is 0.353 e. The second kappa shape index (κ2) is 7.38. The van der Waals surface area contributed by atoms with Crippen LogP contribution in [0.25, 0.3) is 0 Å². The van der Waals surface area contributed by atoms with E-state index in [1.54, 1.807) is 0 Å². The quantitative estimate of drug-likeness (QED) is 0.627. The highest BCUT2D eigenvalue weighted by molar-refractivity contribution is 5.70. The number of nitrogens with one attached hydrogen (secondary N) is 1. The first-order valence-corrected chi connectivity index (χ1v) is 8.93. The molecule has 1 saturated carbocycles. The van der Waals surface area contributed by atoms with Gasteiger partial charge in [0.25, 0.3) is 0 Å². The molecule has 0 spiro atoms. The van der Waals surface area contributed by atoms with E-state index in [-0.39, 0.29) is 35.6 Å². The third-order valence-electron chi connectivity index (χ3n) is 4.73. The molecule has 138 valence electrons. The second-order valence-corrected chi connectivity index (χ2v) is 7.00. The number of nitro groups is 1. The Morgan fingerprint density at radius 2 is 1.84 bits per heavy atom. The summed E-state index contributed by atoms with van der Waals surface area (Å²) in [6, 6.07) is 0.192. The van der Waals surface area contributed by atoms with Gasteiger partial charge in [-0.15, -0.1) is 0 Å². The number of nitrogens with zero attached hydrogens (tertiary/aromatic N) is 4. The van der Waals surface area contributed by atoms with Crippen LogP contribution in [0.4, 0.5) is 23.3 Å². The van der Waals surface area contributed by atoms with Gasteiger partial charge < -0.3 is 20.7 Å². The lowest BCUT2D eigenvalue weighted by Gasteiger charge is -2.35. The second-order valence-electron chi connectivity index (χ2n) is 7.00. The van der Waals surface area contributed by atoms with Crippen molar-refractivity contribution < 1.29 is 9.66 Å². The van der Waals surface area contributed by atoms with Crippen LogP contribution in [0.2, 0.25) is 0 Å². The van der Waals surface area contributed by atoms with Crippen LogP contribution >= 0.6 is 0 Å². The predicted octanol–water partition coefficient (Wildman–Crippen LogP) is 2.33. The summed E-state index contributed by atoms with van der Waals surface area (Å²) in [5.74, 6) is 0.551. The number of ether oxygens (including phenoxy) is 1. The Hall–Kier alpha value is -2.16. The standard InChI is InChI=1S/C16H26N6O3/c1-10-8-21(9-11(2)25-10)16-19-14(17)13(22(23)24)15(20-16)18-12-6-4-3-5-7-12/h10-12H,3-9H2,1-2H3,(H3,17,18,19,20)/t10-,11-/m1/s1. The highest BCUT2D eigenvalue weighted by atomic mass is 16.6. The Kier molecular flexibility index (Phi) is 5.22. The van der Waals surface area contributed by atoms with Crippen LogP contribution in [-0.4, -0.2) is 46.2 Å². The summed E-state index contributed by atoms with van der Waals surface area (Å²) >= 11 is 0. The van der Waals surface area contributed by atoms with E-state index in [2.05, 4.69) is 15.3 Å². The van der Waals surface area contributed by atoms with Gasteiger partial charge in [0.2, 0.25) is 17.6 Å². The fourth-order valence-electron chi connectivity index (χ4n) is 3.66. The van der Waals surface area contributed by atoms with Gasteiger partial charge in [0, 0.05) is 19.1 Å². The molecule has 9 nitrogen and oxygen atoms in total. The van der Waals surface area contributed by atoms with Gasteiger partial charge in [-0.05, 0) is 26.7 Å². The van der Waals surface area contributed by atoms with Gasteiger partial charge in [-0.3, -0.25) is 10.1 Å². The van der Waals surface area contributed by atoms with E-state index in [0.29, 0.717) is 19.0 Å². The number of rotatable bonds is 4. The van der Waals surface area contributed by atoms with E-state index in [1.165, 1.54) is 6.42 Å². The molecule has 1 aromatic heterocycles. The van der Waals surface area contributed by atoms with Crippen molar-refractivity contribution in [1.29, 1.82) is 0 Å². The molecule has 0 unspecified atom stereocenters. The number of anilines is 3. The first-order valence-electron chi connectivity index (χ1n) is 8.93. The maximum absolute atomic E-state index is 11.4. The van der Waals surface area contributed by atoms with Gasteiger partial charge in [0.05, 0.1) is 17.1 Å². The smallest absolute Gasteiger partial charge is 0.353 e. The zero-order valence-corrected chi connectivity index (χ0v) is 14.8. The zero-order valence-electron chi connectivity index (χ0n) is 14.8. The fraction of sp³-hybridized carbons (Fsp3) is 0.750. The zero-order chi connectivity index (χ0) is 18.0. The van der Waals surface area contributed by atoms with E-state index in [0.717, 1.165) is 25.7 Å². The number of nitrogens with two attached hydrogens (primary N) is 1. The topological polar surface area (TPSA) is 119 Å².